The van der Waals surface area contributed by atoms with Gasteiger partial charge >= 0.3 is 0 Å². The molecule has 0 saturated carbocycles. The van der Waals surface area contributed by atoms with Gasteiger partial charge < -0.3 is 0 Å². The predicted octanol–water partition coefficient (Wildman–Crippen LogP) is 14.4. The van der Waals surface area contributed by atoms with E-state index in [0.29, 0.717) is 5.95 Å². The topological polar surface area (TPSA) is 40.6 Å². The Morgan fingerprint density at radius 1 is 0.224 bits per heavy atom. The standard InChI is InChI=1S/C70H43N5Si/c1-2-22-45-44(21-1)51-28-8-17-37-64(51)76(65-38-18-9-29-52(45)65)66-39-19-10-30-53(66)55-41-57-50-27-7-16-36-62(50)75(63(57)42-56(55)54-31-11-20-40-67(54)76)70-71-68(73-58-32-12-3-23-46(58)47-24-4-13-33-59(47)73)43-69(72-70)74-60-34-14-5-25-48(60)49-26-6-15-35-61(49)74/h1-43H. The number of aromatic nitrogens is 5. The van der Waals surface area contributed by atoms with Gasteiger partial charge in [0.25, 0.3) is 0 Å². The SMILES string of the molecule is c1ccc2c(c1)-c1ccccc1[Si]1(c3ccccc3-2)c2ccccc2-c2cc3c4ccccc4n(-c4nc(-n5c6ccccc6c6ccccc65)cc(-n5c6ccccc6c6ccccc65)n4)c3cc2-c2ccccc21. The van der Waals surface area contributed by atoms with Crippen LogP contribution in [0.25, 0.3) is 128 Å². The van der Waals surface area contributed by atoms with E-state index < -0.39 is 8.07 Å². The second-order valence-electron chi connectivity index (χ2n) is 20.4. The minimum Gasteiger partial charge on any atom is -0.294 e. The molecule has 0 atom stereocenters. The van der Waals surface area contributed by atoms with Crippen molar-refractivity contribution in [2.24, 2.45) is 0 Å². The zero-order valence-corrected chi connectivity index (χ0v) is 42.1. The lowest BCUT2D eigenvalue weighted by molar-refractivity contribution is 0.918. The van der Waals surface area contributed by atoms with E-state index in [1.807, 2.05) is 0 Å². The van der Waals surface area contributed by atoms with Crippen molar-refractivity contribution < 1.29 is 0 Å². The summed E-state index contributed by atoms with van der Waals surface area (Å²) in [4.78, 5) is 11.5. The van der Waals surface area contributed by atoms with Gasteiger partial charge in [0, 0.05) is 38.4 Å². The molecule has 0 fully saturated rings. The Labute approximate surface area is 438 Å². The fourth-order valence-electron chi connectivity index (χ4n) is 13.8. The van der Waals surface area contributed by atoms with E-state index in [0.717, 1.165) is 55.5 Å². The molecular formula is C70H43N5Si. The molecule has 4 aromatic heterocycles. The highest BCUT2D eigenvalue weighted by Gasteiger charge is 2.50. The molecule has 2 aliphatic heterocycles. The van der Waals surface area contributed by atoms with Crippen molar-refractivity contribution in [2.75, 3.05) is 0 Å². The summed E-state index contributed by atoms with van der Waals surface area (Å²) in [6, 6.07) is 97.0. The molecule has 0 unspecified atom stereocenters. The van der Waals surface area contributed by atoms with Gasteiger partial charge in [0.2, 0.25) is 5.95 Å². The Balaban J connectivity index is 1.00. The van der Waals surface area contributed by atoms with Gasteiger partial charge in [-0.05, 0) is 108 Å². The summed E-state index contributed by atoms with van der Waals surface area (Å²) in [6.45, 7) is 0. The maximum atomic E-state index is 5.76. The smallest absolute Gasteiger partial charge is 0.238 e. The first-order valence-electron chi connectivity index (χ1n) is 26.2. The predicted molar refractivity (Wildman–Crippen MR) is 318 cm³/mol. The molecule has 352 valence electrons. The van der Waals surface area contributed by atoms with Crippen molar-refractivity contribution in [2.45, 2.75) is 0 Å². The molecule has 11 aromatic carbocycles. The Morgan fingerprint density at radius 2 is 0.513 bits per heavy atom. The van der Waals surface area contributed by atoms with Crippen LogP contribution in [-0.2, 0) is 0 Å². The number of hydrogen-bond donors (Lipinski definition) is 0. The monoisotopic (exact) mass is 981 g/mol. The molecule has 0 bridgehead atoms. The lowest BCUT2D eigenvalue weighted by Crippen LogP contribution is -2.75. The van der Waals surface area contributed by atoms with Crippen LogP contribution in [0.1, 0.15) is 0 Å². The third-order valence-electron chi connectivity index (χ3n) is 16.7. The molecule has 2 aliphatic rings. The lowest BCUT2D eigenvalue weighted by Gasteiger charge is -2.37. The molecular weight excluding hydrogens is 939 g/mol. The van der Waals surface area contributed by atoms with Gasteiger partial charge in [-0.15, -0.1) is 0 Å². The van der Waals surface area contributed by atoms with Crippen molar-refractivity contribution in [3.05, 3.63) is 261 Å². The number of benzene rings is 11. The molecule has 6 heterocycles. The van der Waals surface area contributed by atoms with Gasteiger partial charge in [-0.2, -0.15) is 9.97 Å². The number of nitrogens with zero attached hydrogens (tertiary/aromatic N) is 5. The van der Waals surface area contributed by atoms with Crippen LogP contribution < -0.4 is 20.7 Å². The van der Waals surface area contributed by atoms with Crippen LogP contribution in [0.3, 0.4) is 0 Å². The van der Waals surface area contributed by atoms with Crippen LogP contribution in [0.15, 0.2) is 261 Å². The summed E-state index contributed by atoms with van der Waals surface area (Å²) in [6.07, 6.45) is 0. The van der Waals surface area contributed by atoms with Crippen molar-refractivity contribution in [3.8, 4) is 62.1 Å². The summed E-state index contributed by atoms with van der Waals surface area (Å²) >= 11 is 0. The minimum atomic E-state index is -3.14. The first-order chi connectivity index (χ1) is 37.7. The average molecular weight is 982 g/mol. The van der Waals surface area contributed by atoms with Gasteiger partial charge in [0.05, 0.1) is 33.1 Å². The van der Waals surface area contributed by atoms with E-state index in [1.165, 1.54) is 86.8 Å². The molecule has 0 amide bonds. The summed E-state index contributed by atoms with van der Waals surface area (Å²) in [5, 5.41) is 12.6. The normalized spacial score (nSPS) is 13.1. The number of hydrogen-bond acceptors (Lipinski definition) is 2. The molecule has 6 heteroatoms. The molecule has 5 nitrogen and oxygen atoms in total. The molecule has 0 radical (unpaired) electrons. The second-order valence-corrected chi connectivity index (χ2v) is 24.0. The zero-order chi connectivity index (χ0) is 49.6. The second kappa shape index (κ2) is 15.6. The van der Waals surface area contributed by atoms with Crippen LogP contribution in [0.4, 0.5) is 0 Å². The van der Waals surface area contributed by atoms with Crippen molar-refractivity contribution in [3.63, 3.8) is 0 Å². The summed E-state index contributed by atoms with van der Waals surface area (Å²) < 4.78 is 6.98. The van der Waals surface area contributed by atoms with Gasteiger partial charge in [0.1, 0.15) is 11.6 Å². The summed E-state index contributed by atoms with van der Waals surface area (Å²) in [7, 11) is -3.14. The number of rotatable bonds is 3. The third-order valence-corrected chi connectivity index (χ3v) is 21.7. The van der Waals surface area contributed by atoms with Gasteiger partial charge in [-0.25, -0.2) is 0 Å². The van der Waals surface area contributed by atoms with Gasteiger partial charge in [0.15, 0.2) is 8.07 Å². The summed E-state index contributed by atoms with van der Waals surface area (Å²) in [5.74, 6) is 2.18. The van der Waals surface area contributed by atoms with E-state index in [2.05, 4.69) is 275 Å². The zero-order valence-electron chi connectivity index (χ0n) is 41.1. The van der Waals surface area contributed by atoms with E-state index in [9.17, 15) is 0 Å². The lowest BCUT2D eigenvalue weighted by atomic mass is 9.92. The number of fused-ring (bicyclic) bond motifs is 23. The van der Waals surface area contributed by atoms with Crippen LogP contribution in [0, 0.1) is 0 Å². The van der Waals surface area contributed by atoms with E-state index in [-0.39, 0.29) is 0 Å². The van der Waals surface area contributed by atoms with E-state index in [4.69, 9.17) is 9.97 Å². The van der Waals surface area contributed by atoms with E-state index in [1.54, 1.807) is 0 Å². The molecule has 17 rings (SSSR count). The maximum absolute atomic E-state index is 5.76. The average Bonchev–Trinajstić information content (AvgIpc) is 4.17. The maximum Gasteiger partial charge on any atom is 0.238 e. The van der Waals surface area contributed by atoms with Crippen LogP contribution in [-0.4, -0.2) is 31.7 Å². The Morgan fingerprint density at radius 3 is 0.908 bits per heavy atom. The first kappa shape index (κ1) is 41.6. The van der Waals surface area contributed by atoms with E-state index >= 15 is 0 Å². The Bertz CT molecular complexity index is 4670. The molecule has 15 aromatic rings. The molecule has 0 N–H and O–H groups in total. The molecule has 76 heavy (non-hydrogen) atoms. The van der Waals surface area contributed by atoms with Crippen molar-refractivity contribution >= 4 is 94.2 Å². The third kappa shape index (κ3) is 5.47. The number of para-hydroxylation sites is 5. The van der Waals surface area contributed by atoms with Crippen molar-refractivity contribution in [1.29, 1.82) is 0 Å². The fourth-order valence-corrected chi connectivity index (χ4v) is 19.4. The molecule has 0 saturated heterocycles. The van der Waals surface area contributed by atoms with Crippen LogP contribution in [0.5, 0.6) is 0 Å². The van der Waals surface area contributed by atoms with Crippen LogP contribution in [0.2, 0.25) is 0 Å². The molecule has 0 aliphatic carbocycles. The minimum absolute atomic E-state index is 0.597. The highest BCUT2D eigenvalue weighted by molar-refractivity contribution is 7.22. The van der Waals surface area contributed by atoms with Gasteiger partial charge in [-0.1, -0.05) is 212 Å². The Kier molecular flexibility index (Phi) is 8.52. The molecule has 1 spiro atoms. The first-order valence-corrected chi connectivity index (χ1v) is 28.2. The Hall–Kier alpha value is -9.88. The van der Waals surface area contributed by atoms with Gasteiger partial charge in [-0.3, -0.25) is 13.7 Å². The quantitative estimate of drug-likeness (QED) is 0.166. The highest BCUT2D eigenvalue weighted by atomic mass is 28.3. The largest absolute Gasteiger partial charge is 0.294 e. The van der Waals surface area contributed by atoms with Crippen molar-refractivity contribution in [1.82, 2.24) is 23.7 Å². The fraction of sp³-hybridized carbons (Fsp3) is 0. The van der Waals surface area contributed by atoms with Crippen LogP contribution >= 0.6 is 0 Å². The summed E-state index contributed by atoms with van der Waals surface area (Å²) in [5.41, 5.74) is 16.6. The highest BCUT2D eigenvalue weighted by Crippen LogP contribution is 2.45.